The molecular weight excluding hydrogens is 200 g/mol. The van der Waals surface area contributed by atoms with Crippen molar-refractivity contribution in [3.63, 3.8) is 0 Å². The molecule has 0 aromatic heterocycles. The van der Waals surface area contributed by atoms with E-state index in [0.29, 0.717) is 5.92 Å². The first kappa shape index (κ1) is 11.3. The standard InChI is InChI=1S/C14H20O2/c1-3-4-8-15-12-5-6-13-11(2)7-9-16-14(13)10-12/h5-6,10-11H,3-4,7-9H2,1-2H3/t11-/m1/s1. The summed E-state index contributed by atoms with van der Waals surface area (Å²) in [6.07, 6.45) is 3.38. The highest BCUT2D eigenvalue weighted by molar-refractivity contribution is 5.43. The quantitative estimate of drug-likeness (QED) is 0.719. The summed E-state index contributed by atoms with van der Waals surface area (Å²) >= 11 is 0. The lowest BCUT2D eigenvalue weighted by Crippen LogP contribution is -2.12. The van der Waals surface area contributed by atoms with Crippen molar-refractivity contribution in [2.45, 2.75) is 39.0 Å². The van der Waals surface area contributed by atoms with Gasteiger partial charge in [0.15, 0.2) is 0 Å². The van der Waals surface area contributed by atoms with E-state index < -0.39 is 0 Å². The maximum absolute atomic E-state index is 5.67. The molecule has 1 aromatic rings. The number of benzene rings is 1. The largest absolute Gasteiger partial charge is 0.493 e. The molecule has 0 aliphatic carbocycles. The SMILES string of the molecule is CCCCOc1ccc2c(c1)OCC[C@H]2C. The van der Waals surface area contributed by atoms with E-state index in [4.69, 9.17) is 9.47 Å². The van der Waals surface area contributed by atoms with Crippen LogP contribution in [-0.4, -0.2) is 13.2 Å². The number of ether oxygens (including phenoxy) is 2. The van der Waals surface area contributed by atoms with Crippen LogP contribution in [0.15, 0.2) is 18.2 Å². The molecule has 0 N–H and O–H groups in total. The van der Waals surface area contributed by atoms with E-state index in [-0.39, 0.29) is 0 Å². The lowest BCUT2D eigenvalue weighted by molar-refractivity contribution is 0.266. The summed E-state index contributed by atoms with van der Waals surface area (Å²) in [4.78, 5) is 0. The predicted octanol–water partition coefficient (Wildman–Crippen LogP) is 3.75. The van der Waals surface area contributed by atoms with E-state index in [1.165, 1.54) is 12.0 Å². The monoisotopic (exact) mass is 220 g/mol. The topological polar surface area (TPSA) is 18.5 Å². The summed E-state index contributed by atoms with van der Waals surface area (Å²) in [5.74, 6) is 2.54. The summed E-state index contributed by atoms with van der Waals surface area (Å²) in [6.45, 7) is 6.04. The number of unbranched alkanes of at least 4 members (excludes halogenated alkanes) is 1. The molecule has 16 heavy (non-hydrogen) atoms. The second-order valence-electron chi connectivity index (χ2n) is 4.44. The van der Waals surface area contributed by atoms with Crippen LogP contribution in [0.1, 0.15) is 44.6 Å². The molecular formula is C14H20O2. The molecule has 2 rings (SSSR count). The first-order valence-corrected chi connectivity index (χ1v) is 6.21. The van der Waals surface area contributed by atoms with Crippen LogP contribution in [0.3, 0.4) is 0 Å². The minimum Gasteiger partial charge on any atom is -0.493 e. The molecule has 0 radical (unpaired) electrons. The van der Waals surface area contributed by atoms with Gasteiger partial charge in [-0.05, 0) is 30.4 Å². The third-order valence-corrected chi connectivity index (χ3v) is 3.09. The third-order valence-electron chi connectivity index (χ3n) is 3.09. The molecule has 0 spiro atoms. The van der Waals surface area contributed by atoms with Gasteiger partial charge in [0.1, 0.15) is 11.5 Å². The molecule has 1 aliphatic rings. The predicted molar refractivity (Wildman–Crippen MR) is 65.4 cm³/mol. The molecule has 0 saturated heterocycles. The highest BCUT2D eigenvalue weighted by Crippen LogP contribution is 2.35. The van der Waals surface area contributed by atoms with Gasteiger partial charge in [-0.25, -0.2) is 0 Å². The highest BCUT2D eigenvalue weighted by Gasteiger charge is 2.17. The van der Waals surface area contributed by atoms with Crippen LogP contribution < -0.4 is 9.47 Å². The molecule has 2 nitrogen and oxygen atoms in total. The van der Waals surface area contributed by atoms with Gasteiger partial charge in [-0.15, -0.1) is 0 Å². The Bertz CT molecular complexity index is 347. The molecule has 1 heterocycles. The van der Waals surface area contributed by atoms with Crippen LogP contribution in [-0.2, 0) is 0 Å². The lowest BCUT2D eigenvalue weighted by Gasteiger charge is -2.23. The molecule has 0 bridgehead atoms. The molecule has 0 fully saturated rings. The molecule has 2 heteroatoms. The third kappa shape index (κ3) is 2.49. The number of fused-ring (bicyclic) bond motifs is 1. The molecule has 0 amide bonds. The molecule has 1 aromatic carbocycles. The van der Waals surface area contributed by atoms with Crippen molar-refractivity contribution in [2.24, 2.45) is 0 Å². The van der Waals surface area contributed by atoms with Gasteiger partial charge in [0, 0.05) is 6.07 Å². The smallest absolute Gasteiger partial charge is 0.126 e. The van der Waals surface area contributed by atoms with Gasteiger partial charge in [0.25, 0.3) is 0 Å². The van der Waals surface area contributed by atoms with Crippen molar-refractivity contribution in [3.05, 3.63) is 23.8 Å². The van der Waals surface area contributed by atoms with E-state index >= 15 is 0 Å². The van der Waals surface area contributed by atoms with Crippen molar-refractivity contribution in [2.75, 3.05) is 13.2 Å². The minimum absolute atomic E-state index is 0.605. The van der Waals surface area contributed by atoms with E-state index in [1.807, 2.05) is 6.07 Å². The van der Waals surface area contributed by atoms with Crippen LogP contribution in [0.25, 0.3) is 0 Å². The lowest BCUT2D eigenvalue weighted by atomic mass is 9.95. The van der Waals surface area contributed by atoms with Crippen molar-refractivity contribution in [3.8, 4) is 11.5 Å². The normalized spacial score (nSPS) is 18.8. The van der Waals surface area contributed by atoms with Gasteiger partial charge >= 0.3 is 0 Å². The average Bonchev–Trinajstić information content (AvgIpc) is 2.30. The zero-order chi connectivity index (χ0) is 11.4. The molecule has 88 valence electrons. The van der Waals surface area contributed by atoms with E-state index in [2.05, 4.69) is 26.0 Å². The summed E-state index contributed by atoms with van der Waals surface area (Å²) in [5.41, 5.74) is 1.31. The Balaban J connectivity index is 2.06. The van der Waals surface area contributed by atoms with Crippen molar-refractivity contribution < 1.29 is 9.47 Å². The Kier molecular flexibility index (Phi) is 3.70. The Morgan fingerprint density at radius 3 is 3.12 bits per heavy atom. The zero-order valence-electron chi connectivity index (χ0n) is 10.2. The molecule has 0 unspecified atom stereocenters. The molecule has 0 saturated carbocycles. The molecule has 1 aliphatic heterocycles. The van der Waals surface area contributed by atoms with E-state index in [9.17, 15) is 0 Å². The number of hydrogen-bond acceptors (Lipinski definition) is 2. The first-order valence-electron chi connectivity index (χ1n) is 6.21. The summed E-state index contributed by atoms with van der Waals surface area (Å²) in [7, 11) is 0. The number of hydrogen-bond donors (Lipinski definition) is 0. The first-order chi connectivity index (χ1) is 7.81. The molecule has 1 atom stereocenters. The van der Waals surface area contributed by atoms with Crippen LogP contribution >= 0.6 is 0 Å². The zero-order valence-corrected chi connectivity index (χ0v) is 10.2. The maximum atomic E-state index is 5.67. The maximum Gasteiger partial charge on any atom is 0.126 e. The van der Waals surface area contributed by atoms with Crippen molar-refractivity contribution in [1.29, 1.82) is 0 Å². The van der Waals surface area contributed by atoms with Gasteiger partial charge < -0.3 is 9.47 Å². The second kappa shape index (κ2) is 5.24. The Hall–Kier alpha value is -1.18. The van der Waals surface area contributed by atoms with Crippen LogP contribution in [0.5, 0.6) is 11.5 Å². The van der Waals surface area contributed by atoms with Gasteiger partial charge in [-0.3, -0.25) is 0 Å². The summed E-state index contributed by atoms with van der Waals surface area (Å²) < 4.78 is 11.3. The van der Waals surface area contributed by atoms with Crippen LogP contribution in [0.4, 0.5) is 0 Å². The Morgan fingerprint density at radius 1 is 1.44 bits per heavy atom. The summed E-state index contributed by atoms with van der Waals surface area (Å²) in [5, 5.41) is 0. The Morgan fingerprint density at radius 2 is 2.31 bits per heavy atom. The fraction of sp³-hybridized carbons (Fsp3) is 0.571. The van der Waals surface area contributed by atoms with Crippen molar-refractivity contribution >= 4 is 0 Å². The van der Waals surface area contributed by atoms with Gasteiger partial charge in [0.2, 0.25) is 0 Å². The number of rotatable bonds is 4. The van der Waals surface area contributed by atoms with Gasteiger partial charge in [0.05, 0.1) is 13.2 Å². The highest BCUT2D eigenvalue weighted by atomic mass is 16.5. The fourth-order valence-corrected chi connectivity index (χ4v) is 1.97. The minimum atomic E-state index is 0.605. The van der Waals surface area contributed by atoms with Crippen LogP contribution in [0.2, 0.25) is 0 Å². The average molecular weight is 220 g/mol. The Labute approximate surface area is 97.6 Å². The van der Waals surface area contributed by atoms with Crippen LogP contribution in [0, 0.1) is 0 Å². The van der Waals surface area contributed by atoms with Crippen molar-refractivity contribution in [1.82, 2.24) is 0 Å². The van der Waals surface area contributed by atoms with Gasteiger partial charge in [-0.2, -0.15) is 0 Å². The van der Waals surface area contributed by atoms with E-state index in [0.717, 1.165) is 37.6 Å². The summed E-state index contributed by atoms with van der Waals surface area (Å²) in [6, 6.07) is 6.22. The van der Waals surface area contributed by atoms with Gasteiger partial charge in [-0.1, -0.05) is 26.3 Å². The second-order valence-corrected chi connectivity index (χ2v) is 4.44. The van der Waals surface area contributed by atoms with E-state index in [1.54, 1.807) is 0 Å². The fourth-order valence-electron chi connectivity index (χ4n) is 1.97.